The summed E-state index contributed by atoms with van der Waals surface area (Å²) in [7, 11) is 1.65. The van der Waals surface area contributed by atoms with Crippen LogP contribution in [0.5, 0.6) is 5.75 Å². The fourth-order valence-electron chi connectivity index (χ4n) is 3.33. The van der Waals surface area contributed by atoms with Crippen LogP contribution in [0.25, 0.3) is 0 Å². The van der Waals surface area contributed by atoms with Gasteiger partial charge < -0.3 is 14.2 Å². The minimum Gasteiger partial charge on any atom is -0.497 e. The summed E-state index contributed by atoms with van der Waals surface area (Å²) in [5.41, 5.74) is 2.01. The molecule has 7 heteroatoms. The molecule has 0 unspecified atom stereocenters. The molecule has 0 saturated carbocycles. The Balaban J connectivity index is 1.38. The molecule has 1 atom stereocenters. The van der Waals surface area contributed by atoms with Gasteiger partial charge in [-0.15, -0.1) is 0 Å². The molecular weight excluding hydrogens is 378 g/mol. The molecule has 0 bridgehead atoms. The van der Waals surface area contributed by atoms with E-state index < -0.39 is 0 Å². The third-order valence-corrected chi connectivity index (χ3v) is 5.15. The molecule has 0 aliphatic carbocycles. The maximum Gasteiger partial charge on any atom is 0.227 e. The number of benzene rings is 2. The standard InChI is InChI=1S/C21H20ClN3O3/c1-27-18-9-2-14(3-10-18)4-11-19-23-21(24-28-19)15-12-20(26)25(13-15)17-7-5-16(22)6-8-17/h2-3,5-10,15H,4,11-13H2,1H3/t15-/m0/s1. The maximum atomic E-state index is 12.4. The highest BCUT2D eigenvalue weighted by atomic mass is 35.5. The minimum atomic E-state index is -0.0679. The van der Waals surface area contributed by atoms with Gasteiger partial charge in [0, 0.05) is 36.0 Å². The second kappa shape index (κ2) is 8.02. The number of amides is 1. The third kappa shape index (κ3) is 4.02. The van der Waals surface area contributed by atoms with Crippen LogP contribution in [0.1, 0.15) is 29.6 Å². The number of anilines is 1. The molecule has 1 saturated heterocycles. The van der Waals surface area contributed by atoms with Gasteiger partial charge in [0.25, 0.3) is 0 Å². The molecular formula is C21H20ClN3O3. The highest BCUT2D eigenvalue weighted by Crippen LogP contribution is 2.31. The average Bonchev–Trinajstić information content (AvgIpc) is 3.34. The van der Waals surface area contributed by atoms with Crippen LogP contribution in [0.15, 0.2) is 53.1 Å². The van der Waals surface area contributed by atoms with E-state index in [1.54, 1.807) is 24.1 Å². The van der Waals surface area contributed by atoms with E-state index >= 15 is 0 Å². The lowest BCUT2D eigenvalue weighted by molar-refractivity contribution is -0.117. The highest BCUT2D eigenvalue weighted by molar-refractivity contribution is 6.30. The van der Waals surface area contributed by atoms with E-state index in [0.29, 0.717) is 36.1 Å². The van der Waals surface area contributed by atoms with E-state index in [9.17, 15) is 4.79 Å². The second-order valence-electron chi connectivity index (χ2n) is 6.78. The minimum absolute atomic E-state index is 0.0527. The van der Waals surface area contributed by atoms with Crippen molar-refractivity contribution in [3.63, 3.8) is 0 Å². The molecule has 6 nitrogen and oxygen atoms in total. The van der Waals surface area contributed by atoms with Crippen LogP contribution < -0.4 is 9.64 Å². The number of halogens is 1. The van der Waals surface area contributed by atoms with Gasteiger partial charge >= 0.3 is 0 Å². The quantitative estimate of drug-likeness (QED) is 0.628. The van der Waals surface area contributed by atoms with Crippen molar-refractivity contribution in [1.29, 1.82) is 0 Å². The first-order valence-corrected chi connectivity index (χ1v) is 9.51. The number of rotatable bonds is 6. The first-order chi connectivity index (χ1) is 13.6. The first-order valence-electron chi connectivity index (χ1n) is 9.14. The molecule has 2 aromatic carbocycles. The average molecular weight is 398 g/mol. The van der Waals surface area contributed by atoms with Gasteiger partial charge in [-0.25, -0.2) is 0 Å². The number of methoxy groups -OCH3 is 1. The van der Waals surface area contributed by atoms with E-state index in [2.05, 4.69) is 10.1 Å². The zero-order valence-electron chi connectivity index (χ0n) is 15.5. The summed E-state index contributed by atoms with van der Waals surface area (Å²) in [6, 6.07) is 15.2. The van der Waals surface area contributed by atoms with Gasteiger partial charge in [-0.3, -0.25) is 4.79 Å². The Morgan fingerprint density at radius 1 is 1.14 bits per heavy atom. The molecule has 3 aromatic rings. The van der Waals surface area contributed by atoms with Crippen LogP contribution in [0.2, 0.25) is 5.02 Å². The van der Waals surface area contributed by atoms with Gasteiger partial charge in [0.15, 0.2) is 5.82 Å². The lowest BCUT2D eigenvalue weighted by Gasteiger charge is -2.16. The lowest BCUT2D eigenvalue weighted by Crippen LogP contribution is -2.24. The van der Waals surface area contributed by atoms with Crippen LogP contribution >= 0.6 is 11.6 Å². The summed E-state index contributed by atoms with van der Waals surface area (Å²) in [4.78, 5) is 18.7. The van der Waals surface area contributed by atoms with Crippen LogP contribution in [0, 0.1) is 0 Å². The topological polar surface area (TPSA) is 68.5 Å². The van der Waals surface area contributed by atoms with Gasteiger partial charge in [-0.05, 0) is 48.4 Å². The van der Waals surface area contributed by atoms with Crippen molar-refractivity contribution in [2.24, 2.45) is 0 Å². The van der Waals surface area contributed by atoms with Crippen LogP contribution in [0.3, 0.4) is 0 Å². The fourth-order valence-corrected chi connectivity index (χ4v) is 3.46. The van der Waals surface area contributed by atoms with Gasteiger partial charge in [-0.2, -0.15) is 4.98 Å². The lowest BCUT2D eigenvalue weighted by atomic mass is 10.1. The molecule has 0 N–H and O–H groups in total. The van der Waals surface area contributed by atoms with Crippen molar-refractivity contribution < 1.29 is 14.1 Å². The largest absolute Gasteiger partial charge is 0.497 e. The fraction of sp³-hybridized carbons (Fsp3) is 0.286. The third-order valence-electron chi connectivity index (χ3n) is 4.90. The molecule has 144 valence electrons. The molecule has 0 spiro atoms. The van der Waals surface area contributed by atoms with E-state index in [-0.39, 0.29) is 11.8 Å². The molecule has 0 radical (unpaired) electrons. The predicted octanol–water partition coefficient (Wildman–Crippen LogP) is 4.04. The highest BCUT2D eigenvalue weighted by Gasteiger charge is 2.34. The normalized spacial score (nSPS) is 16.6. The zero-order valence-corrected chi connectivity index (χ0v) is 16.2. The molecule has 1 aromatic heterocycles. The van der Waals surface area contributed by atoms with Crippen molar-refractivity contribution in [1.82, 2.24) is 10.1 Å². The van der Waals surface area contributed by atoms with Crippen molar-refractivity contribution >= 4 is 23.2 Å². The molecule has 28 heavy (non-hydrogen) atoms. The van der Waals surface area contributed by atoms with Gasteiger partial charge in [0.2, 0.25) is 11.8 Å². The maximum absolute atomic E-state index is 12.4. The number of hydrogen-bond acceptors (Lipinski definition) is 5. The number of aromatic nitrogens is 2. The summed E-state index contributed by atoms with van der Waals surface area (Å²) >= 11 is 5.93. The number of aryl methyl sites for hydroxylation is 2. The second-order valence-corrected chi connectivity index (χ2v) is 7.21. The van der Waals surface area contributed by atoms with E-state index in [0.717, 1.165) is 17.9 Å². The molecule has 2 heterocycles. The van der Waals surface area contributed by atoms with E-state index in [1.165, 1.54) is 5.56 Å². The molecule has 1 amide bonds. The number of carbonyl (C=O) groups excluding carboxylic acids is 1. The Kier molecular flexibility index (Phi) is 5.30. The van der Waals surface area contributed by atoms with E-state index in [4.69, 9.17) is 20.9 Å². The van der Waals surface area contributed by atoms with Crippen molar-refractivity contribution in [3.05, 3.63) is 70.8 Å². The van der Waals surface area contributed by atoms with Crippen LogP contribution in [0.4, 0.5) is 5.69 Å². The number of carbonyl (C=O) groups is 1. The van der Waals surface area contributed by atoms with Crippen molar-refractivity contribution in [3.8, 4) is 5.75 Å². The van der Waals surface area contributed by atoms with Gasteiger partial charge in [0.1, 0.15) is 5.75 Å². The Morgan fingerprint density at radius 2 is 1.89 bits per heavy atom. The van der Waals surface area contributed by atoms with Gasteiger partial charge in [-0.1, -0.05) is 28.9 Å². The Bertz CT molecular complexity index is 954. The first kappa shape index (κ1) is 18.5. The monoisotopic (exact) mass is 397 g/mol. The van der Waals surface area contributed by atoms with Gasteiger partial charge in [0.05, 0.1) is 7.11 Å². The Morgan fingerprint density at radius 3 is 2.61 bits per heavy atom. The molecule has 1 fully saturated rings. The zero-order chi connectivity index (χ0) is 19.5. The molecule has 4 rings (SSSR count). The number of nitrogens with zero attached hydrogens (tertiary/aromatic N) is 3. The summed E-state index contributed by atoms with van der Waals surface area (Å²) in [5, 5.41) is 4.75. The van der Waals surface area contributed by atoms with Crippen molar-refractivity contribution in [2.75, 3.05) is 18.6 Å². The predicted molar refractivity (Wildman–Crippen MR) is 106 cm³/mol. The summed E-state index contributed by atoms with van der Waals surface area (Å²) in [6.45, 7) is 0.540. The van der Waals surface area contributed by atoms with Crippen LogP contribution in [-0.4, -0.2) is 29.7 Å². The number of hydrogen-bond donors (Lipinski definition) is 0. The SMILES string of the molecule is COc1ccc(CCc2nc([C@H]3CC(=O)N(c4ccc(Cl)cc4)C3)no2)cc1. The summed E-state index contributed by atoms with van der Waals surface area (Å²) in [5.74, 6) is 2.00. The van der Waals surface area contributed by atoms with Crippen LogP contribution in [-0.2, 0) is 17.6 Å². The van der Waals surface area contributed by atoms with Crippen molar-refractivity contribution in [2.45, 2.75) is 25.2 Å². The number of ether oxygens (including phenoxy) is 1. The Labute approximate surface area is 168 Å². The smallest absolute Gasteiger partial charge is 0.227 e. The molecule has 1 aliphatic rings. The molecule has 1 aliphatic heterocycles. The van der Waals surface area contributed by atoms with E-state index in [1.807, 2.05) is 36.4 Å². The Hall–Kier alpha value is -2.86. The summed E-state index contributed by atoms with van der Waals surface area (Å²) in [6.07, 6.45) is 1.83. The summed E-state index contributed by atoms with van der Waals surface area (Å²) < 4.78 is 10.6.